The predicted molar refractivity (Wildman–Crippen MR) is 59.8 cm³/mol. The average molecular weight is 224 g/mol. The zero-order chi connectivity index (χ0) is 11.9. The number of aliphatic hydroxyl groups is 1. The van der Waals surface area contributed by atoms with Gasteiger partial charge in [-0.05, 0) is 23.6 Å². The number of ether oxygens (including phenoxy) is 1. The second-order valence-electron chi connectivity index (χ2n) is 5.41. The fourth-order valence-corrected chi connectivity index (χ4v) is 1.95. The molecule has 2 nitrogen and oxygen atoms in total. The standard InChI is InChI=1S/C13H17FO2/c1-13(2,3)12-7-10(15)9-6-8(14)4-5-11(9)16-12/h4-6,10,12,15H,7H2,1-3H3. The Balaban J connectivity index is 2.34. The monoisotopic (exact) mass is 224 g/mol. The van der Waals surface area contributed by atoms with Crippen molar-refractivity contribution in [3.05, 3.63) is 29.6 Å². The number of aliphatic hydroxyl groups excluding tert-OH is 1. The maximum Gasteiger partial charge on any atom is 0.125 e. The zero-order valence-corrected chi connectivity index (χ0v) is 9.83. The highest BCUT2D eigenvalue weighted by Crippen LogP contribution is 2.40. The molecule has 1 N–H and O–H groups in total. The molecule has 1 aliphatic rings. The number of hydrogen-bond donors (Lipinski definition) is 1. The predicted octanol–water partition coefficient (Wildman–Crippen LogP) is 3.06. The molecule has 1 aromatic carbocycles. The number of rotatable bonds is 0. The lowest BCUT2D eigenvalue weighted by Crippen LogP contribution is -2.36. The molecule has 1 aliphatic heterocycles. The Hall–Kier alpha value is -1.09. The molecule has 0 amide bonds. The highest BCUT2D eigenvalue weighted by atomic mass is 19.1. The van der Waals surface area contributed by atoms with Crippen LogP contribution in [0, 0.1) is 11.2 Å². The Bertz CT molecular complexity index is 395. The SMILES string of the molecule is CC(C)(C)C1CC(O)c2cc(F)ccc2O1. The van der Waals surface area contributed by atoms with Crippen molar-refractivity contribution >= 4 is 0 Å². The van der Waals surface area contributed by atoms with Gasteiger partial charge < -0.3 is 9.84 Å². The summed E-state index contributed by atoms with van der Waals surface area (Å²) in [6.45, 7) is 6.21. The molecule has 0 bridgehead atoms. The van der Waals surface area contributed by atoms with Gasteiger partial charge in [0.2, 0.25) is 0 Å². The molecule has 0 aliphatic carbocycles. The molecule has 0 fully saturated rings. The maximum atomic E-state index is 13.0. The lowest BCUT2D eigenvalue weighted by Gasteiger charge is -2.37. The topological polar surface area (TPSA) is 29.5 Å². The Morgan fingerprint density at radius 3 is 2.69 bits per heavy atom. The summed E-state index contributed by atoms with van der Waals surface area (Å²) in [5.74, 6) is 0.260. The van der Waals surface area contributed by atoms with Crippen LogP contribution in [0.25, 0.3) is 0 Å². The van der Waals surface area contributed by atoms with Crippen molar-refractivity contribution < 1.29 is 14.2 Å². The zero-order valence-electron chi connectivity index (χ0n) is 9.83. The fraction of sp³-hybridized carbons (Fsp3) is 0.538. The molecule has 1 aromatic rings. The van der Waals surface area contributed by atoms with E-state index >= 15 is 0 Å². The number of benzene rings is 1. The first-order valence-electron chi connectivity index (χ1n) is 5.52. The van der Waals surface area contributed by atoms with Gasteiger partial charge in [-0.1, -0.05) is 20.8 Å². The quantitative estimate of drug-likeness (QED) is 0.734. The maximum absolute atomic E-state index is 13.0. The average Bonchev–Trinajstić information content (AvgIpc) is 2.17. The molecule has 0 aromatic heterocycles. The summed E-state index contributed by atoms with van der Waals surface area (Å²) in [5, 5.41) is 9.97. The Morgan fingerprint density at radius 2 is 2.06 bits per heavy atom. The number of hydrogen-bond acceptors (Lipinski definition) is 2. The molecular formula is C13H17FO2. The van der Waals surface area contributed by atoms with E-state index in [0.29, 0.717) is 17.7 Å². The van der Waals surface area contributed by atoms with E-state index < -0.39 is 6.10 Å². The van der Waals surface area contributed by atoms with E-state index in [4.69, 9.17) is 4.74 Å². The Labute approximate surface area is 95.1 Å². The Morgan fingerprint density at radius 1 is 1.38 bits per heavy atom. The van der Waals surface area contributed by atoms with Crippen molar-refractivity contribution in [3.8, 4) is 5.75 Å². The minimum atomic E-state index is -0.635. The summed E-state index contributed by atoms with van der Waals surface area (Å²) in [6.07, 6.45) is -0.163. The molecule has 88 valence electrons. The van der Waals surface area contributed by atoms with Crippen molar-refractivity contribution in [2.45, 2.75) is 39.4 Å². The van der Waals surface area contributed by atoms with Crippen LogP contribution in [0.3, 0.4) is 0 Å². The van der Waals surface area contributed by atoms with E-state index in [1.165, 1.54) is 12.1 Å². The summed E-state index contributed by atoms with van der Waals surface area (Å²) >= 11 is 0. The van der Waals surface area contributed by atoms with Gasteiger partial charge in [-0.25, -0.2) is 4.39 Å². The molecule has 16 heavy (non-hydrogen) atoms. The summed E-state index contributed by atoms with van der Waals surface area (Å²) in [5.41, 5.74) is 0.521. The highest BCUT2D eigenvalue weighted by Gasteiger charge is 2.34. The van der Waals surface area contributed by atoms with E-state index in [0.717, 1.165) is 0 Å². The van der Waals surface area contributed by atoms with Crippen LogP contribution >= 0.6 is 0 Å². The molecule has 0 saturated heterocycles. The molecule has 0 radical (unpaired) electrons. The van der Waals surface area contributed by atoms with Gasteiger partial charge in [0.15, 0.2) is 0 Å². The van der Waals surface area contributed by atoms with E-state index in [-0.39, 0.29) is 17.3 Å². The molecule has 2 unspecified atom stereocenters. The van der Waals surface area contributed by atoms with Gasteiger partial charge in [0, 0.05) is 12.0 Å². The molecule has 0 saturated carbocycles. The van der Waals surface area contributed by atoms with Crippen molar-refractivity contribution in [2.24, 2.45) is 5.41 Å². The molecule has 1 heterocycles. The van der Waals surface area contributed by atoms with Gasteiger partial charge in [-0.2, -0.15) is 0 Å². The first kappa shape index (κ1) is 11.4. The minimum Gasteiger partial charge on any atom is -0.489 e. The minimum absolute atomic E-state index is 0.0347. The van der Waals surface area contributed by atoms with Gasteiger partial charge in [-0.15, -0.1) is 0 Å². The van der Waals surface area contributed by atoms with Crippen LogP contribution in [0.15, 0.2) is 18.2 Å². The van der Waals surface area contributed by atoms with Crippen LogP contribution in [0.2, 0.25) is 0 Å². The molecular weight excluding hydrogens is 207 g/mol. The third kappa shape index (κ3) is 2.05. The van der Waals surface area contributed by atoms with Crippen molar-refractivity contribution in [3.63, 3.8) is 0 Å². The lowest BCUT2D eigenvalue weighted by atomic mass is 9.83. The molecule has 2 rings (SSSR count). The summed E-state index contributed by atoms with van der Waals surface area (Å²) in [6, 6.07) is 4.29. The van der Waals surface area contributed by atoms with Crippen LogP contribution in [-0.2, 0) is 0 Å². The van der Waals surface area contributed by atoms with Gasteiger partial charge in [0.25, 0.3) is 0 Å². The van der Waals surface area contributed by atoms with Crippen molar-refractivity contribution in [1.29, 1.82) is 0 Å². The molecule has 2 atom stereocenters. The van der Waals surface area contributed by atoms with Crippen LogP contribution in [0.1, 0.15) is 38.9 Å². The van der Waals surface area contributed by atoms with Crippen LogP contribution in [-0.4, -0.2) is 11.2 Å². The number of fused-ring (bicyclic) bond motifs is 1. The van der Waals surface area contributed by atoms with E-state index in [1.54, 1.807) is 6.07 Å². The number of halogens is 1. The van der Waals surface area contributed by atoms with E-state index in [1.807, 2.05) is 0 Å². The van der Waals surface area contributed by atoms with Gasteiger partial charge >= 0.3 is 0 Å². The Kier molecular flexibility index (Phi) is 2.66. The molecule has 0 spiro atoms. The second kappa shape index (κ2) is 3.74. The first-order chi connectivity index (χ1) is 7.38. The fourth-order valence-electron chi connectivity index (χ4n) is 1.95. The van der Waals surface area contributed by atoms with Gasteiger partial charge in [-0.3, -0.25) is 0 Å². The lowest BCUT2D eigenvalue weighted by molar-refractivity contribution is 0.00777. The highest BCUT2D eigenvalue weighted by molar-refractivity contribution is 5.37. The summed E-state index contributed by atoms with van der Waals surface area (Å²) in [7, 11) is 0. The van der Waals surface area contributed by atoms with Crippen LogP contribution in [0.5, 0.6) is 5.75 Å². The van der Waals surface area contributed by atoms with Crippen LogP contribution < -0.4 is 4.74 Å². The molecule has 3 heteroatoms. The summed E-state index contributed by atoms with van der Waals surface area (Å²) < 4.78 is 18.8. The summed E-state index contributed by atoms with van der Waals surface area (Å²) in [4.78, 5) is 0. The third-order valence-corrected chi connectivity index (χ3v) is 3.00. The first-order valence-corrected chi connectivity index (χ1v) is 5.52. The second-order valence-corrected chi connectivity index (χ2v) is 5.41. The van der Waals surface area contributed by atoms with Gasteiger partial charge in [0.1, 0.15) is 17.7 Å². The smallest absolute Gasteiger partial charge is 0.125 e. The van der Waals surface area contributed by atoms with Crippen molar-refractivity contribution in [2.75, 3.05) is 0 Å². The third-order valence-electron chi connectivity index (χ3n) is 3.00. The van der Waals surface area contributed by atoms with Gasteiger partial charge in [0.05, 0.1) is 6.10 Å². The van der Waals surface area contributed by atoms with E-state index in [9.17, 15) is 9.50 Å². The van der Waals surface area contributed by atoms with Crippen molar-refractivity contribution in [1.82, 2.24) is 0 Å². The van der Waals surface area contributed by atoms with E-state index in [2.05, 4.69) is 20.8 Å². The largest absolute Gasteiger partial charge is 0.489 e. The normalized spacial score (nSPS) is 24.8. The van der Waals surface area contributed by atoms with Crippen LogP contribution in [0.4, 0.5) is 4.39 Å².